The van der Waals surface area contributed by atoms with Crippen molar-refractivity contribution in [2.75, 3.05) is 13.7 Å². The molecule has 0 amide bonds. The highest BCUT2D eigenvalue weighted by Gasteiger charge is 2.30. The largest absolute Gasteiger partial charge is 0.496 e. The predicted molar refractivity (Wildman–Crippen MR) is 93.1 cm³/mol. The molecule has 1 heterocycles. The fourth-order valence-corrected chi connectivity index (χ4v) is 2.50. The van der Waals surface area contributed by atoms with Crippen molar-refractivity contribution in [2.24, 2.45) is 7.05 Å². The van der Waals surface area contributed by atoms with Crippen molar-refractivity contribution in [3.63, 3.8) is 0 Å². The monoisotopic (exact) mass is 349 g/mol. The predicted octanol–water partition coefficient (Wildman–Crippen LogP) is 1.63. The maximum Gasteiger partial charge on any atom is 0.303 e. The quantitative estimate of drug-likeness (QED) is 0.798. The van der Waals surface area contributed by atoms with Crippen molar-refractivity contribution in [2.45, 2.75) is 32.5 Å². The SMILES string of the molecule is COc1cc(=O)n(C)c2c(OC[C@@H](OC(C)=O)C(C)(C)O)cccc12. The van der Waals surface area contributed by atoms with Gasteiger partial charge in [0.15, 0.2) is 6.10 Å². The van der Waals surface area contributed by atoms with E-state index in [9.17, 15) is 14.7 Å². The average molecular weight is 349 g/mol. The van der Waals surface area contributed by atoms with Gasteiger partial charge >= 0.3 is 5.97 Å². The van der Waals surface area contributed by atoms with E-state index in [1.54, 1.807) is 19.2 Å². The lowest BCUT2D eigenvalue weighted by molar-refractivity contribution is -0.162. The molecule has 0 saturated carbocycles. The summed E-state index contributed by atoms with van der Waals surface area (Å²) in [6.45, 7) is 4.27. The number of carbonyl (C=O) groups excluding carboxylic acids is 1. The van der Waals surface area contributed by atoms with Gasteiger partial charge in [-0.3, -0.25) is 9.59 Å². The van der Waals surface area contributed by atoms with Crippen LogP contribution in [0, 0.1) is 0 Å². The summed E-state index contributed by atoms with van der Waals surface area (Å²) in [5.74, 6) is 0.364. The van der Waals surface area contributed by atoms with Crippen molar-refractivity contribution in [3.05, 3.63) is 34.6 Å². The Kier molecular flexibility index (Phi) is 5.37. The second-order valence-electron chi connectivity index (χ2n) is 6.33. The molecule has 136 valence electrons. The number of ether oxygens (including phenoxy) is 3. The zero-order valence-electron chi connectivity index (χ0n) is 15.0. The zero-order valence-corrected chi connectivity index (χ0v) is 15.0. The Hall–Kier alpha value is -2.54. The topological polar surface area (TPSA) is 87.0 Å². The highest BCUT2D eigenvalue weighted by Crippen LogP contribution is 2.30. The summed E-state index contributed by atoms with van der Waals surface area (Å²) in [7, 11) is 3.13. The Labute approximate surface area is 145 Å². The van der Waals surface area contributed by atoms with E-state index in [4.69, 9.17) is 14.2 Å². The fourth-order valence-electron chi connectivity index (χ4n) is 2.50. The first-order chi connectivity index (χ1) is 11.6. The second-order valence-corrected chi connectivity index (χ2v) is 6.33. The number of rotatable bonds is 6. The lowest BCUT2D eigenvalue weighted by Gasteiger charge is -2.28. The van der Waals surface area contributed by atoms with E-state index in [1.807, 2.05) is 6.07 Å². The van der Waals surface area contributed by atoms with Gasteiger partial charge in [0, 0.05) is 25.4 Å². The Bertz CT molecular complexity index is 834. The third-order valence-corrected chi connectivity index (χ3v) is 3.89. The molecule has 0 unspecified atom stereocenters. The third-order valence-electron chi connectivity index (χ3n) is 3.89. The molecule has 1 N–H and O–H groups in total. The van der Waals surface area contributed by atoms with E-state index in [0.29, 0.717) is 17.0 Å². The molecule has 0 radical (unpaired) electrons. The van der Waals surface area contributed by atoms with E-state index < -0.39 is 17.7 Å². The number of pyridine rings is 1. The van der Waals surface area contributed by atoms with Gasteiger partial charge in [0.2, 0.25) is 0 Å². The van der Waals surface area contributed by atoms with Crippen LogP contribution in [0.25, 0.3) is 10.9 Å². The van der Waals surface area contributed by atoms with Crippen molar-refractivity contribution in [3.8, 4) is 11.5 Å². The van der Waals surface area contributed by atoms with Crippen molar-refractivity contribution in [1.82, 2.24) is 4.57 Å². The van der Waals surface area contributed by atoms with Crippen LogP contribution >= 0.6 is 0 Å². The van der Waals surface area contributed by atoms with Crippen LogP contribution in [-0.4, -0.2) is 41.1 Å². The normalized spacial score (nSPS) is 12.7. The van der Waals surface area contributed by atoms with E-state index in [2.05, 4.69) is 0 Å². The number of para-hydroxylation sites is 1. The smallest absolute Gasteiger partial charge is 0.303 e. The highest BCUT2D eigenvalue weighted by molar-refractivity contribution is 5.90. The molecule has 7 nitrogen and oxygen atoms in total. The van der Waals surface area contributed by atoms with Gasteiger partial charge in [-0.1, -0.05) is 6.07 Å². The lowest BCUT2D eigenvalue weighted by atomic mass is 10.0. The summed E-state index contributed by atoms with van der Waals surface area (Å²) in [6.07, 6.45) is -0.858. The van der Waals surface area contributed by atoms with Crippen LogP contribution in [-0.2, 0) is 16.6 Å². The molecular weight excluding hydrogens is 326 g/mol. The summed E-state index contributed by atoms with van der Waals surface area (Å²) in [4.78, 5) is 23.4. The number of hydrogen-bond acceptors (Lipinski definition) is 6. The van der Waals surface area contributed by atoms with Gasteiger partial charge in [0.25, 0.3) is 5.56 Å². The van der Waals surface area contributed by atoms with E-state index >= 15 is 0 Å². The third kappa shape index (κ3) is 4.11. The molecule has 0 aliphatic carbocycles. The number of esters is 1. The van der Waals surface area contributed by atoms with Gasteiger partial charge in [-0.05, 0) is 26.0 Å². The number of nitrogens with zero attached hydrogens (tertiary/aromatic N) is 1. The molecule has 0 saturated heterocycles. The van der Waals surface area contributed by atoms with Crippen molar-refractivity contribution >= 4 is 16.9 Å². The second kappa shape index (κ2) is 7.14. The van der Waals surface area contributed by atoms with Crippen LogP contribution in [0.4, 0.5) is 0 Å². The van der Waals surface area contributed by atoms with Gasteiger partial charge < -0.3 is 23.9 Å². The molecule has 7 heteroatoms. The Balaban J connectivity index is 2.43. The van der Waals surface area contributed by atoms with Gasteiger partial charge in [-0.2, -0.15) is 0 Å². The number of aliphatic hydroxyl groups is 1. The number of aryl methyl sites for hydroxylation is 1. The highest BCUT2D eigenvalue weighted by atomic mass is 16.6. The molecule has 1 atom stereocenters. The minimum absolute atomic E-state index is 0.0619. The van der Waals surface area contributed by atoms with Gasteiger partial charge in [0.05, 0.1) is 18.2 Å². The van der Waals surface area contributed by atoms with Crippen molar-refractivity contribution < 1.29 is 24.1 Å². The molecule has 25 heavy (non-hydrogen) atoms. The molecule has 0 fully saturated rings. The standard InChI is InChI=1S/C18H23NO6/c1-11(20)25-15(18(2,3)22)10-24-13-8-6-7-12-14(23-5)9-16(21)19(4)17(12)13/h6-9,15,22H,10H2,1-5H3/t15-/m1/s1. The van der Waals surface area contributed by atoms with E-state index in [0.717, 1.165) is 5.39 Å². The molecule has 2 aromatic rings. The maximum atomic E-state index is 12.1. The van der Waals surface area contributed by atoms with Crippen LogP contribution in [0.3, 0.4) is 0 Å². The summed E-state index contributed by atoms with van der Waals surface area (Å²) >= 11 is 0. The van der Waals surface area contributed by atoms with E-state index in [1.165, 1.54) is 38.5 Å². The first-order valence-electron chi connectivity index (χ1n) is 7.84. The van der Waals surface area contributed by atoms with Crippen LogP contribution in [0.5, 0.6) is 11.5 Å². The summed E-state index contributed by atoms with van der Waals surface area (Å²) < 4.78 is 17.7. The number of carbonyl (C=O) groups is 1. The first-order valence-corrected chi connectivity index (χ1v) is 7.84. The van der Waals surface area contributed by atoms with E-state index in [-0.39, 0.29) is 12.2 Å². The number of aromatic nitrogens is 1. The number of hydrogen-bond donors (Lipinski definition) is 1. The maximum absolute atomic E-state index is 12.1. The van der Waals surface area contributed by atoms with Crippen LogP contribution in [0.2, 0.25) is 0 Å². The molecule has 2 rings (SSSR count). The number of benzene rings is 1. The Morgan fingerprint density at radius 2 is 2.00 bits per heavy atom. The van der Waals surface area contributed by atoms with Crippen molar-refractivity contribution in [1.29, 1.82) is 0 Å². The van der Waals surface area contributed by atoms with Gasteiger partial charge in [0.1, 0.15) is 18.1 Å². The Morgan fingerprint density at radius 3 is 2.56 bits per heavy atom. The summed E-state index contributed by atoms with van der Waals surface area (Å²) in [5.41, 5.74) is -0.955. The minimum atomic E-state index is -1.28. The van der Waals surface area contributed by atoms with Crippen LogP contribution < -0.4 is 15.0 Å². The van der Waals surface area contributed by atoms with Gasteiger partial charge in [-0.15, -0.1) is 0 Å². The minimum Gasteiger partial charge on any atom is -0.496 e. The number of methoxy groups -OCH3 is 1. The van der Waals surface area contributed by atoms with Crippen LogP contribution in [0.15, 0.2) is 29.1 Å². The number of fused-ring (bicyclic) bond motifs is 1. The molecule has 1 aromatic carbocycles. The lowest BCUT2D eigenvalue weighted by Crippen LogP contribution is -2.43. The van der Waals surface area contributed by atoms with Gasteiger partial charge in [-0.25, -0.2) is 0 Å². The zero-order chi connectivity index (χ0) is 18.8. The molecule has 0 aliphatic rings. The molecule has 0 bridgehead atoms. The Morgan fingerprint density at radius 1 is 1.32 bits per heavy atom. The average Bonchev–Trinajstić information content (AvgIpc) is 2.53. The first kappa shape index (κ1) is 18.8. The summed E-state index contributed by atoms with van der Waals surface area (Å²) in [6, 6.07) is 6.70. The molecular formula is C18H23NO6. The molecule has 0 spiro atoms. The molecule has 1 aromatic heterocycles. The fraction of sp³-hybridized carbons (Fsp3) is 0.444. The summed E-state index contributed by atoms with van der Waals surface area (Å²) in [5, 5.41) is 10.9. The van der Waals surface area contributed by atoms with Crippen LogP contribution in [0.1, 0.15) is 20.8 Å². The molecule has 0 aliphatic heterocycles.